The predicted molar refractivity (Wildman–Crippen MR) is 82.0 cm³/mol. The predicted octanol–water partition coefficient (Wildman–Crippen LogP) is 2.49. The molecule has 8 heteroatoms. The van der Waals surface area contributed by atoms with Gasteiger partial charge in [-0.15, -0.1) is 0 Å². The average molecular weight is 315 g/mol. The van der Waals surface area contributed by atoms with Crippen LogP contribution in [0.1, 0.15) is 33.1 Å². The van der Waals surface area contributed by atoms with Gasteiger partial charge in [-0.05, 0) is 18.9 Å². The SMILES string of the molecule is CCCC(CC)NS(=O)(=O)c1cc([N+](=O)[O-])ccc1NC. The Bertz CT molecular complexity index is 601. The summed E-state index contributed by atoms with van der Waals surface area (Å²) in [6.45, 7) is 3.87. The lowest BCUT2D eigenvalue weighted by Crippen LogP contribution is -2.34. The third-order valence-electron chi connectivity index (χ3n) is 3.19. The second-order valence-electron chi connectivity index (χ2n) is 4.70. The number of rotatable bonds is 8. The lowest BCUT2D eigenvalue weighted by atomic mass is 10.1. The van der Waals surface area contributed by atoms with Crippen molar-refractivity contribution in [3.63, 3.8) is 0 Å². The molecule has 0 aliphatic carbocycles. The number of nitro benzene ring substituents is 1. The first-order chi connectivity index (χ1) is 9.85. The number of non-ortho nitro benzene ring substituents is 1. The summed E-state index contributed by atoms with van der Waals surface area (Å²) in [4.78, 5) is 10.1. The quantitative estimate of drug-likeness (QED) is 0.567. The van der Waals surface area contributed by atoms with E-state index in [2.05, 4.69) is 10.0 Å². The molecule has 0 amide bonds. The number of sulfonamides is 1. The first-order valence-corrected chi connectivity index (χ1v) is 8.32. The van der Waals surface area contributed by atoms with E-state index in [1.54, 1.807) is 7.05 Å². The van der Waals surface area contributed by atoms with Crippen molar-refractivity contribution in [1.82, 2.24) is 4.72 Å². The third-order valence-corrected chi connectivity index (χ3v) is 4.75. The van der Waals surface area contributed by atoms with Crippen molar-refractivity contribution < 1.29 is 13.3 Å². The lowest BCUT2D eigenvalue weighted by Gasteiger charge is -2.17. The Morgan fingerprint density at radius 1 is 1.33 bits per heavy atom. The van der Waals surface area contributed by atoms with Crippen molar-refractivity contribution >= 4 is 21.4 Å². The fourth-order valence-electron chi connectivity index (χ4n) is 2.03. The van der Waals surface area contributed by atoms with Crippen molar-refractivity contribution in [1.29, 1.82) is 0 Å². The van der Waals surface area contributed by atoms with Gasteiger partial charge in [0.25, 0.3) is 5.69 Å². The van der Waals surface area contributed by atoms with E-state index in [1.165, 1.54) is 12.1 Å². The molecule has 0 saturated heterocycles. The molecule has 2 N–H and O–H groups in total. The molecule has 1 unspecified atom stereocenters. The molecule has 1 rings (SSSR count). The molecule has 1 aromatic rings. The average Bonchev–Trinajstić information content (AvgIpc) is 2.45. The molecule has 0 aromatic heterocycles. The number of hydrogen-bond donors (Lipinski definition) is 2. The summed E-state index contributed by atoms with van der Waals surface area (Å²) in [6, 6.07) is 3.57. The highest BCUT2D eigenvalue weighted by molar-refractivity contribution is 7.89. The largest absolute Gasteiger partial charge is 0.387 e. The standard InChI is InChI=1S/C13H21N3O4S/c1-4-6-10(5-2)15-21(19,20)13-9-11(16(17)18)7-8-12(13)14-3/h7-10,14-15H,4-6H2,1-3H3. The fraction of sp³-hybridized carbons (Fsp3) is 0.538. The summed E-state index contributed by atoms with van der Waals surface area (Å²) in [5.41, 5.74) is 0.0809. The van der Waals surface area contributed by atoms with Crippen molar-refractivity contribution in [2.24, 2.45) is 0 Å². The first-order valence-electron chi connectivity index (χ1n) is 6.84. The Hall–Kier alpha value is -1.67. The molecule has 0 aliphatic heterocycles. The summed E-state index contributed by atoms with van der Waals surface area (Å²) in [5.74, 6) is 0. The van der Waals surface area contributed by atoms with Crippen molar-refractivity contribution in [3.05, 3.63) is 28.3 Å². The highest BCUT2D eigenvalue weighted by Crippen LogP contribution is 2.26. The van der Waals surface area contributed by atoms with Gasteiger partial charge in [0.05, 0.1) is 10.6 Å². The van der Waals surface area contributed by atoms with Crippen LogP contribution < -0.4 is 10.0 Å². The maximum atomic E-state index is 12.5. The second kappa shape index (κ2) is 7.37. The Balaban J connectivity index is 3.22. The van der Waals surface area contributed by atoms with E-state index in [0.29, 0.717) is 12.1 Å². The van der Waals surface area contributed by atoms with Crippen LogP contribution in [0.4, 0.5) is 11.4 Å². The van der Waals surface area contributed by atoms with Crippen molar-refractivity contribution in [2.75, 3.05) is 12.4 Å². The van der Waals surface area contributed by atoms with Gasteiger partial charge < -0.3 is 5.32 Å². The van der Waals surface area contributed by atoms with E-state index in [9.17, 15) is 18.5 Å². The highest BCUT2D eigenvalue weighted by atomic mass is 32.2. The molecule has 0 radical (unpaired) electrons. The van der Waals surface area contributed by atoms with E-state index in [1.807, 2.05) is 13.8 Å². The topological polar surface area (TPSA) is 101 Å². The van der Waals surface area contributed by atoms with Gasteiger partial charge in [-0.2, -0.15) is 0 Å². The van der Waals surface area contributed by atoms with Gasteiger partial charge in [-0.1, -0.05) is 20.3 Å². The van der Waals surface area contributed by atoms with Crippen LogP contribution in [0.2, 0.25) is 0 Å². The minimum atomic E-state index is -3.81. The van der Waals surface area contributed by atoms with Crippen LogP contribution in [0.5, 0.6) is 0 Å². The molecule has 0 bridgehead atoms. The van der Waals surface area contributed by atoms with Crippen molar-refractivity contribution in [2.45, 2.75) is 44.0 Å². The van der Waals surface area contributed by atoms with E-state index >= 15 is 0 Å². The zero-order chi connectivity index (χ0) is 16.0. The zero-order valence-electron chi connectivity index (χ0n) is 12.4. The molecule has 118 valence electrons. The van der Waals surface area contributed by atoms with Gasteiger partial charge in [0, 0.05) is 25.2 Å². The Kier molecular flexibility index (Phi) is 6.10. The summed E-state index contributed by atoms with van der Waals surface area (Å²) in [7, 11) is -2.24. The number of nitro groups is 1. The van der Waals surface area contributed by atoms with E-state index in [-0.39, 0.29) is 16.6 Å². The summed E-state index contributed by atoms with van der Waals surface area (Å²) in [5, 5.41) is 13.6. The number of benzene rings is 1. The van der Waals surface area contributed by atoms with Gasteiger partial charge in [-0.25, -0.2) is 13.1 Å². The zero-order valence-corrected chi connectivity index (χ0v) is 13.2. The smallest absolute Gasteiger partial charge is 0.270 e. The minimum absolute atomic E-state index is 0.103. The van der Waals surface area contributed by atoms with Crippen LogP contribution in [0.25, 0.3) is 0 Å². The van der Waals surface area contributed by atoms with Gasteiger partial charge in [0.1, 0.15) is 4.90 Å². The van der Waals surface area contributed by atoms with Gasteiger partial charge in [0.2, 0.25) is 10.0 Å². The van der Waals surface area contributed by atoms with E-state index in [0.717, 1.165) is 18.9 Å². The minimum Gasteiger partial charge on any atom is -0.387 e. The Morgan fingerprint density at radius 3 is 2.48 bits per heavy atom. The lowest BCUT2D eigenvalue weighted by molar-refractivity contribution is -0.385. The van der Waals surface area contributed by atoms with Crippen LogP contribution in [0.3, 0.4) is 0 Å². The highest BCUT2D eigenvalue weighted by Gasteiger charge is 2.24. The summed E-state index contributed by atoms with van der Waals surface area (Å²) >= 11 is 0. The molecule has 0 spiro atoms. The molecular weight excluding hydrogens is 294 g/mol. The molecule has 0 saturated carbocycles. The van der Waals surface area contributed by atoms with Gasteiger partial charge in [-0.3, -0.25) is 10.1 Å². The fourth-order valence-corrected chi connectivity index (χ4v) is 3.62. The monoisotopic (exact) mass is 315 g/mol. The Labute approximate surface area is 124 Å². The van der Waals surface area contributed by atoms with Crippen molar-refractivity contribution in [3.8, 4) is 0 Å². The second-order valence-corrected chi connectivity index (χ2v) is 6.39. The Morgan fingerprint density at radius 2 is 2.00 bits per heavy atom. The van der Waals surface area contributed by atoms with Crippen LogP contribution in [0.15, 0.2) is 23.1 Å². The number of hydrogen-bond acceptors (Lipinski definition) is 5. The van der Waals surface area contributed by atoms with E-state index < -0.39 is 14.9 Å². The molecule has 0 fully saturated rings. The van der Waals surface area contributed by atoms with Crippen LogP contribution in [-0.2, 0) is 10.0 Å². The third kappa shape index (κ3) is 4.40. The first kappa shape index (κ1) is 17.4. The maximum Gasteiger partial charge on any atom is 0.270 e. The van der Waals surface area contributed by atoms with Crippen LogP contribution >= 0.6 is 0 Å². The van der Waals surface area contributed by atoms with Gasteiger partial charge in [0.15, 0.2) is 0 Å². The van der Waals surface area contributed by atoms with Gasteiger partial charge >= 0.3 is 0 Å². The summed E-state index contributed by atoms with van der Waals surface area (Å²) in [6.07, 6.45) is 2.24. The molecule has 1 aromatic carbocycles. The molecule has 0 heterocycles. The maximum absolute atomic E-state index is 12.5. The molecule has 1 atom stereocenters. The number of anilines is 1. The normalized spacial score (nSPS) is 12.9. The molecule has 21 heavy (non-hydrogen) atoms. The van der Waals surface area contributed by atoms with Crippen LogP contribution in [0, 0.1) is 10.1 Å². The van der Waals surface area contributed by atoms with Crippen LogP contribution in [-0.4, -0.2) is 26.4 Å². The molecular formula is C13H21N3O4S. The molecule has 0 aliphatic rings. The molecule has 7 nitrogen and oxygen atoms in total. The van der Waals surface area contributed by atoms with E-state index in [4.69, 9.17) is 0 Å². The number of nitrogens with one attached hydrogen (secondary N) is 2. The summed E-state index contributed by atoms with van der Waals surface area (Å²) < 4.78 is 27.5. The number of nitrogens with zero attached hydrogens (tertiary/aromatic N) is 1.